The quantitative estimate of drug-likeness (QED) is 0.777. The predicted molar refractivity (Wildman–Crippen MR) is 81.7 cm³/mol. The number of rotatable bonds is 8. The molecule has 2 aromatic rings. The number of nitrogens with zero attached hydrogens (tertiary/aromatic N) is 2. The topological polar surface area (TPSA) is 50.1 Å². The molecule has 108 valence electrons. The maximum atomic E-state index is 8.87. The molecule has 0 aliphatic rings. The van der Waals surface area contributed by atoms with E-state index in [1.54, 1.807) is 0 Å². The van der Waals surface area contributed by atoms with Gasteiger partial charge in [-0.3, -0.25) is 4.68 Å². The van der Waals surface area contributed by atoms with Crippen LogP contribution in [0, 0.1) is 0 Å². The van der Waals surface area contributed by atoms with Crippen molar-refractivity contribution in [3.63, 3.8) is 0 Å². The summed E-state index contributed by atoms with van der Waals surface area (Å²) in [6, 6.07) is 8.36. The van der Waals surface area contributed by atoms with Crippen molar-refractivity contribution in [2.24, 2.45) is 0 Å². The Labute approximate surface area is 120 Å². The van der Waals surface area contributed by atoms with Gasteiger partial charge in [-0.2, -0.15) is 5.10 Å². The third kappa shape index (κ3) is 4.38. The third-order valence-corrected chi connectivity index (χ3v) is 3.19. The van der Waals surface area contributed by atoms with E-state index in [9.17, 15) is 0 Å². The molecule has 1 aromatic carbocycles. The SMILES string of the molecule is CCCn1cc(CNc2cccc(CCCO)c2)cn1. The molecule has 1 aromatic heterocycles. The summed E-state index contributed by atoms with van der Waals surface area (Å²) in [5, 5.41) is 16.6. The highest BCUT2D eigenvalue weighted by Gasteiger charge is 1.99. The third-order valence-electron chi connectivity index (χ3n) is 3.19. The number of hydrogen-bond acceptors (Lipinski definition) is 3. The average Bonchev–Trinajstić information content (AvgIpc) is 2.92. The van der Waals surface area contributed by atoms with Crippen LogP contribution in [0.2, 0.25) is 0 Å². The molecular weight excluding hydrogens is 250 g/mol. The van der Waals surface area contributed by atoms with Crippen molar-refractivity contribution in [3.05, 3.63) is 47.8 Å². The lowest BCUT2D eigenvalue weighted by molar-refractivity contribution is 0.288. The molecule has 2 rings (SSSR count). The lowest BCUT2D eigenvalue weighted by Crippen LogP contribution is -2.00. The Hall–Kier alpha value is -1.81. The van der Waals surface area contributed by atoms with Crippen LogP contribution in [0.3, 0.4) is 0 Å². The zero-order valence-electron chi connectivity index (χ0n) is 12.0. The number of aryl methyl sites for hydroxylation is 2. The van der Waals surface area contributed by atoms with E-state index < -0.39 is 0 Å². The van der Waals surface area contributed by atoms with Crippen LogP contribution in [0.5, 0.6) is 0 Å². The van der Waals surface area contributed by atoms with E-state index >= 15 is 0 Å². The molecule has 0 aliphatic heterocycles. The zero-order chi connectivity index (χ0) is 14.2. The van der Waals surface area contributed by atoms with Crippen LogP contribution in [0.4, 0.5) is 5.69 Å². The monoisotopic (exact) mass is 273 g/mol. The van der Waals surface area contributed by atoms with Gasteiger partial charge < -0.3 is 10.4 Å². The van der Waals surface area contributed by atoms with E-state index in [4.69, 9.17) is 5.11 Å². The largest absolute Gasteiger partial charge is 0.396 e. The number of aliphatic hydroxyl groups excluding tert-OH is 1. The summed E-state index contributed by atoms with van der Waals surface area (Å²) in [4.78, 5) is 0. The molecule has 0 unspecified atom stereocenters. The van der Waals surface area contributed by atoms with Gasteiger partial charge in [-0.05, 0) is 37.0 Å². The molecule has 1 heterocycles. The lowest BCUT2D eigenvalue weighted by Gasteiger charge is -2.07. The van der Waals surface area contributed by atoms with Crippen LogP contribution in [0.1, 0.15) is 30.9 Å². The summed E-state index contributed by atoms with van der Waals surface area (Å²) in [6.07, 6.45) is 6.83. The Kier molecular flexibility index (Phi) is 5.62. The van der Waals surface area contributed by atoms with Crippen molar-refractivity contribution >= 4 is 5.69 Å². The number of benzene rings is 1. The fraction of sp³-hybridized carbons (Fsp3) is 0.438. The van der Waals surface area contributed by atoms with Gasteiger partial charge in [0.05, 0.1) is 6.20 Å². The first-order chi connectivity index (χ1) is 9.81. The normalized spacial score (nSPS) is 10.7. The van der Waals surface area contributed by atoms with Crippen LogP contribution in [0.15, 0.2) is 36.7 Å². The molecule has 4 heteroatoms. The number of aromatic nitrogens is 2. The van der Waals surface area contributed by atoms with Crippen LogP contribution in [-0.2, 0) is 19.5 Å². The fourth-order valence-corrected chi connectivity index (χ4v) is 2.17. The number of hydrogen-bond donors (Lipinski definition) is 2. The van der Waals surface area contributed by atoms with Gasteiger partial charge in [-0.15, -0.1) is 0 Å². The van der Waals surface area contributed by atoms with Crippen molar-refractivity contribution in [1.29, 1.82) is 0 Å². The minimum Gasteiger partial charge on any atom is -0.396 e. The van der Waals surface area contributed by atoms with Crippen LogP contribution >= 0.6 is 0 Å². The molecule has 0 aliphatic carbocycles. The van der Waals surface area contributed by atoms with E-state index in [1.165, 1.54) is 11.1 Å². The summed E-state index contributed by atoms with van der Waals surface area (Å²) in [5.74, 6) is 0. The van der Waals surface area contributed by atoms with E-state index in [2.05, 4.69) is 47.8 Å². The van der Waals surface area contributed by atoms with E-state index in [1.807, 2.05) is 10.9 Å². The lowest BCUT2D eigenvalue weighted by atomic mass is 10.1. The van der Waals surface area contributed by atoms with Gasteiger partial charge in [-0.25, -0.2) is 0 Å². The molecule has 0 radical (unpaired) electrons. The van der Waals surface area contributed by atoms with Gasteiger partial charge in [-0.1, -0.05) is 19.1 Å². The van der Waals surface area contributed by atoms with Crippen LogP contribution in [0.25, 0.3) is 0 Å². The highest BCUT2D eigenvalue weighted by molar-refractivity contribution is 5.46. The maximum Gasteiger partial charge on any atom is 0.0539 e. The standard InChI is InChI=1S/C16H23N3O/c1-2-8-19-13-15(12-18-19)11-17-16-7-3-5-14(10-16)6-4-9-20/h3,5,7,10,12-13,17,20H,2,4,6,8-9,11H2,1H3. The van der Waals surface area contributed by atoms with Crippen molar-refractivity contribution < 1.29 is 5.11 Å². The predicted octanol–water partition coefficient (Wildman–Crippen LogP) is 2.83. The summed E-state index contributed by atoms with van der Waals surface area (Å²) < 4.78 is 1.98. The average molecular weight is 273 g/mol. The second kappa shape index (κ2) is 7.70. The van der Waals surface area contributed by atoms with Crippen molar-refractivity contribution in [1.82, 2.24) is 9.78 Å². The Morgan fingerprint density at radius 2 is 2.20 bits per heavy atom. The van der Waals surface area contributed by atoms with Gasteiger partial charge in [0.1, 0.15) is 0 Å². The molecule has 0 spiro atoms. The van der Waals surface area contributed by atoms with E-state index in [-0.39, 0.29) is 6.61 Å². The highest BCUT2D eigenvalue weighted by atomic mass is 16.2. The number of anilines is 1. The second-order valence-corrected chi connectivity index (χ2v) is 4.99. The molecule has 0 atom stereocenters. The Bertz CT molecular complexity index is 522. The summed E-state index contributed by atoms with van der Waals surface area (Å²) in [7, 11) is 0. The van der Waals surface area contributed by atoms with Crippen molar-refractivity contribution in [2.45, 2.75) is 39.3 Å². The molecule has 4 nitrogen and oxygen atoms in total. The first-order valence-electron chi connectivity index (χ1n) is 7.27. The molecule has 2 N–H and O–H groups in total. The van der Waals surface area contributed by atoms with Gasteiger partial charge >= 0.3 is 0 Å². The van der Waals surface area contributed by atoms with Gasteiger partial charge in [0.25, 0.3) is 0 Å². The van der Waals surface area contributed by atoms with E-state index in [0.29, 0.717) is 0 Å². The summed E-state index contributed by atoms with van der Waals surface area (Å²) >= 11 is 0. The smallest absolute Gasteiger partial charge is 0.0539 e. The summed E-state index contributed by atoms with van der Waals surface area (Å²) in [5.41, 5.74) is 3.56. The maximum absolute atomic E-state index is 8.87. The molecule has 0 amide bonds. The van der Waals surface area contributed by atoms with Gasteiger partial charge in [0.2, 0.25) is 0 Å². The van der Waals surface area contributed by atoms with Crippen molar-refractivity contribution in [3.8, 4) is 0 Å². The Balaban J connectivity index is 1.89. The minimum absolute atomic E-state index is 0.244. The number of nitrogens with one attached hydrogen (secondary N) is 1. The molecule has 0 bridgehead atoms. The van der Waals surface area contributed by atoms with Gasteiger partial charge in [0.15, 0.2) is 0 Å². The molecule has 0 saturated carbocycles. The number of aliphatic hydroxyl groups is 1. The Morgan fingerprint density at radius 3 is 3.00 bits per heavy atom. The van der Waals surface area contributed by atoms with Crippen LogP contribution < -0.4 is 5.32 Å². The zero-order valence-corrected chi connectivity index (χ0v) is 12.0. The highest BCUT2D eigenvalue weighted by Crippen LogP contribution is 2.13. The molecular formula is C16H23N3O. The first-order valence-corrected chi connectivity index (χ1v) is 7.27. The molecule has 20 heavy (non-hydrogen) atoms. The summed E-state index contributed by atoms with van der Waals surface area (Å²) in [6.45, 7) is 4.15. The molecule has 0 saturated heterocycles. The first kappa shape index (κ1) is 14.6. The fourth-order valence-electron chi connectivity index (χ4n) is 2.17. The minimum atomic E-state index is 0.244. The van der Waals surface area contributed by atoms with E-state index in [0.717, 1.165) is 38.0 Å². The Morgan fingerprint density at radius 1 is 1.30 bits per heavy atom. The second-order valence-electron chi connectivity index (χ2n) is 4.99. The van der Waals surface area contributed by atoms with Crippen molar-refractivity contribution in [2.75, 3.05) is 11.9 Å². The van der Waals surface area contributed by atoms with Crippen LogP contribution in [-0.4, -0.2) is 21.5 Å². The molecule has 0 fully saturated rings. The van der Waals surface area contributed by atoms with Gasteiger partial charge in [0, 0.05) is 37.1 Å².